The Morgan fingerprint density at radius 2 is 1.72 bits per heavy atom. The molecule has 3 rings (SSSR count). The number of carbonyl (C=O) groups is 1. The summed E-state index contributed by atoms with van der Waals surface area (Å²) in [5.74, 6) is 0.271. The quantitative estimate of drug-likeness (QED) is 0.464. The number of nitrogens with one attached hydrogen (secondary N) is 2. The van der Waals surface area contributed by atoms with Gasteiger partial charge >= 0.3 is 6.18 Å². The van der Waals surface area contributed by atoms with Crippen LogP contribution in [0, 0.1) is 6.92 Å². The van der Waals surface area contributed by atoms with Crippen molar-refractivity contribution in [1.82, 2.24) is 15.0 Å². The van der Waals surface area contributed by atoms with Crippen LogP contribution in [0.1, 0.15) is 23.9 Å². The molecular weight excluding hydrogens is 441 g/mol. The molecule has 0 radical (unpaired) electrons. The van der Waals surface area contributed by atoms with Crippen LogP contribution in [0.5, 0.6) is 0 Å². The molecule has 2 aromatic carbocycles. The summed E-state index contributed by atoms with van der Waals surface area (Å²) in [5.41, 5.74) is 6.40. The van der Waals surface area contributed by atoms with E-state index in [0.717, 1.165) is 17.3 Å². The molecule has 0 saturated carbocycles. The van der Waals surface area contributed by atoms with Gasteiger partial charge in [0.25, 0.3) is 0 Å². The van der Waals surface area contributed by atoms with E-state index in [-0.39, 0.29) is 23.3 Å². The van der Waals surface area contributed by atoms with Crippen molar-refractivity contribution in [3.8, 4) is 0 Å². The summed E-state index contributed by atoms with van der Waals surface area (Å²) in [5, 5.41) is 4.76. The van der Waals surface area contributed by atoms with Crippen molar-refractivity contribution in [3.63, 3.8) is 0 Å². The highest BCUT2D eigenvalue weighted by atomic mass is 32.2. The normalized spacial score (nSPS) is 12.3. The predicted molar refractivity (Wildman–Crippen MR) is 120 cm³/mol. The average Bonchev–Trinajstić information content (AvgIpc) is 2.73. The second-order valence-electron chi connectivity index (χ2n) is 6.86. The molecule has 0 bridgehead atoms. The summed E-state index contributed by atoms with van der Waals surface area (Å²) in [4.78, 5) is 24.9. The van der Waals surface area contributed by atoms with Gasteiger partial charge in [-0.25, -0.2) is 0 Å². The van der Waals surface area contributed by atoms with E-state index in [0.29, 0.717) is 5.82 Å². The van der Waals surface area contributed by atoms with Gasteiger partial charge in [0, 0.05) is 5.69 Å². The number of rotatable bonds is 7. The van der Waals surface area contributed by atoms with Crippen molar-refractivity contribution in [2.24, 2.45) is 0 Å². The maximum atomic E-state index is 13.1. The first-order chi connectivity index (χ1) is 15.1. The van der Waals surface area contributed by atoms with Crippen LogP contribution in [-0.4, -0.2) is 26.1 Å². The van der Waals surface area contributed by atoms with E-state index < -0.39 is 22.9 Å². The molecule has 1 atom stereocenters. The van der Waals surface area contributed by atoms with Crippen molar-refractivity contribution in [3.05, 3.63) is 65.5 Å². The molecule has 3 aromatic rings. The first-order valence-electron chi connectivity index (χ1n) is 9.55. The second kappa shape index (κ2) is 9.86. The topological polar surface area (TPSA) is 106 Å². The zero-order chi connectivity index (χ0) is 23.3. The molecule has 0 fully saturated rings. The standard InChI is InChI=1S/C21H21F3N6OS/c1-12-7-3-5-9-15(12)27-20-29-17(28-19(25)30-20)11-32-13(2)18(31)26-16-10-6-4-8-14(16)21(22,23)24/h3-10,13H,11H2,1-2H3,(H,26,31)(H3,25,27,28,29,30). The van der Waals surface area contributed by atoms with Crippen LogP contribution < -0.4 is 16.4 Å². The molecule has 1 heterocycles. The number of para-hydroxylation sites is 2. The molecule has 4 N–H and O–H groups in total. The molecule has 0 aliphatic carbocycles. The van der Waals surface area contributed by atoms with Gasteiger partial charge in [-0.15, -0.1) is 11.8 Å². The summed E-state index contributed by atoms with van der Waals surface area (Å²) in [6.45, 7) is 3.52. The van der Waals surface area contributed by atoms with E-state index in [9.17, 15) is 18.0 Å². The summed E-state index contributed by atoms with van der Waals surface area (Å²) < 4.78 is 39.4. The average molecular weight is 463 g/mol. The number of aromatic nitrogens is 3. The Balaban J connectivity index is 1.65. The lowest BCUT2D eigenvalue weighted by Gasteiger charge is -2.16. The predicted octanol–water partition coefficient (Wildman–Crippen LogP) is 4.79. The van der Waals surface area contributed by atoms with Crippen LogP contribution in [0.4, 0.5) is 36.4 Å². The Morgan fingerprint density at radius 3 is 2.41 bits per heavy atom. The number of nitrogen functional groups attached to an aromatic ring is 1. The van der Waals surface area contributed by atoms with E-state index in [1.165, 1.54) is 30.0 Å². The van der Waals surface area contributed by atoms with E-state index in [1.54, 1.807) is 6.92 Å². The SMILES string of the molecule is Cc1ccccc1Nc1nc(N)nc(CSC(C)C(=O)Nc2ccccc2C(F)(F)F)n1. The summed E-state index contributed by atoms with van der Waals surface area (Å²) in [6, 6.07) is 12.4. The summed E-state index contributed by atoms with van der Waals surface area (Å²) in [6.07, 6.45) is -4.57. The molecule has 168 valence electrons. The lowest BCUT2D eigenvalue weighted by Crippen LogP contribution is -2.24. The molecule has 0 spiro atoms. The van der Waals surface area contributed by atoms with Crippen LogP contribution >= 0.6 is 11.8 Å². The van der Waals surface area contributed by atoms with Crippen molar-refractivity contribution in [1.29, 1.82) is 0 Å². The first kappa shape index (κ1) is 23.3. The third-order valence-electron chi connectivity index (χ3n) is 4.41. The smallest absolute Gasteiger partial charge is 0.368 e. The fourth-order valence-corrected chi connectivity index (χ4v) is 3.48. The Bertz CT molecular complexity index is 1110. The number of amides is 1. The van der Waals surface area contributed by atoms with Crippen molar-refractivity contribution in [2.45, 2.75) is 31.0 Å². The number of nitrogens with two attached hydrogens (primary N) is 1. The number of aryl methyl sites for hydroxylation is 1. The van der Waals surface area contributed by atoms with Gasteiger partial charge in [-0.3, -0.25) is 4.79 Å². The summed E-state index contributed by atoms with van der Waals surface area (Å²) >= 11 is 1.17. The minimum atomic E-state index is -4.57. The molecule has 7 nitrogen and oxygen atoms in total. The van der Waals surface area contributed by atoms with Crippen LogP contribution in [0.2, 0.25) is 0 Å². The zero-order valence-corrected chi connectivity index (χ0v) is 18.1. The molecule has 1 aromatic heterocycles. The second-order valence-corrected chi connectivity index (χ2v) is 8.19. The minimum absolute atomic E-state index is 0.0166. The molecule has 0 aliphatic rings. The molecular formula is C21H21F3N6OS. The monoisotopic (exact) mass is 462 g/mol. The van der Waals surface area contributed by atoms with Gasteiger partial charge in [-0.2, -0.15) is 28.1 Å². The van der Waals surface area contributed by atoms with E-state index in [1.807, 2.05) is 31.2 Å². The number of halogens is 3. The van der Waals surface area contributed by atoms with Gasteiger partial charge in [0.1, 0.15) is 5.82 Å². The zero-order valence-electron chi connectivity index (χ0n) is 17.3. The highest BCUT2D eigenvalue weighted by Gasteiger charge is 2.33. The van der Waals surface area contributed by atoms with Crippen LogP contribution in [-0.2, 0) is 16.7 Å². The molecule has 0 aliphatic heterocycles. The van der Waals surface area contributed by atoms with E-state index in [2.05, 4.69) is 25.6 Å². The van der Waals surface area contributed by atoms with E-state index in [4.69, 9.17) is 5.73 Å². The molecule has 1 amide bonds. The number of alkyl halides is 3. The maximum absolute atomic E-state index is 13.1. The fourth-order valence-electron chi connectivity index (χ4n) is 2.74. The summed E-state index contributed by atoms with van der Waals surface area (Å²) in [7, 11) is 0. The number of hydrogen-bond acceptors (Lipinski definition) is 7. The molecule has 1 unspecified atom stereocenters. The highest BCUT2D eigenvalue weighted by Crippen LogP contribution is 2.35. The van der Waals surface area contributed by atoms with Crippen molar-refractivity contribution in [2.75, 3.05) is 16.4 Å². The van der Waals surface area contributed by atoms with Crippen LogP contribution in [0.3, 0.4) is 0 Å². The van der Waals surface area contributed by atoms with Gasteiger partial charge in [0.2, 0.25) is 17.8 Å². The van der Waals surface area contributed by atoms with Gasteiger partial charge in [0.15, 0.2) is 0 Å². The Hall–Kier alpha value is -3.34. The third kappa shape index (κ3) is 6.10. The van der Waals surface area contributed by atoms with Gasteiger partial charge in [-0.05, 0) is 37.6 Å². The van der Waals surface area contributed by atoms with Crippen LogP contribution in [0.15, 0.2) is 48.5 Å². The Morgan fingerprint density at radius 1 is 1.06 bits per heavy atom. The molecule has 11 heteroatoms. The lowest BCUT2D eigenvalue weighted by molar-refractivity contribution is -0.137. The lowest BCUT2D eigenvalue weighted by atomic mass is 10.1. The number of benzene rings is 2. The number of nitrogens with zero attached hydrogens (tertiary/aromatic N) is 3. The van der Waals surface area contributed by atoms with Gasteiger partial charge in [0.05, 0.1) is 22.3 Å². The highest BCUT2D eigenvalue weighted by molar-refractivity contribution is 7.99. The Labute approximate surface area is 187 Å². The number of thioether (sulfide) groups is 1. The molecule has 0 saturated heterocycles. The number of hydrogen-bond donors (Lipinski definition) is 3. The number of carbonyl (C=O) groups excluding carboxylic acids is 1. The first-order valence-corrected chi connectivity index (χ1v) is 10.6. The maximum Gasteiger partial charge on any atom is 0.418 e. The van der Waals surface area contributed by atoms with E-state index >= 15 is 0 Å². The van der Waals surface area contributed by atoms with Crippen molar-refractivity contribution >= 4 is 40.9 Å². The number of anilines is 4. The fraction of sp³-hybridized carbons (Fsp3) is 0.238. The Kier molecular flexibility index (Phi) is 7.18. The minimum Gasteiger partial charge on any atom is -0.368 e. The largest absolute Gasteiger partial charge is 0.418 e. The molecule has 32 heavy (non-hydrogen) atoms. The third-order valence-corrected chi connectivity index (χ3v) is 5.55. The van der Waals surface area contributed by atoms with Gasteiger partial charge < -0.3 is 16.4 Å². The van der Waals surface area contributed by atoms with Crippen molar-refractivity contribution < 1.29 is 18.0 Å². The van der Waals surface area contributed by atoms with Crippen LogP contribution in [0.25, 0.3) is 0 Å². The van der Waals surface area contributed by atoms with Gasteiger partial charge in [-0.1, -0.05) is 30.3 Å².